The monoisotopic (exact) mass is 272 g/mol. The third kappa shape index (κ3) is 4.25. The lowest BCUT2D eigenvalue weighted by molar-refractivity contribution is 0.0944. The summed E-state index contributed by atoms with van der Waals surface area (Å²) in [5, 5.41) is 11.8. The molecule has 100 valence electrons. The maximum absolute atomic E-state index is 11.8. The zero-order valence-corrected chi connectivity index (χ0v) is 11.0. The molecule has 0 aromatic heterocycles. The number of benzene rings is 1. The van der Waals surface area contributed by atoms with Crippen molar-refractivity contribution in [2.24, 2.45) is 0 Å². The van der Waals surface area contributed by atoms with Gasteiger partial charge in [0, 0.05) is 18.0 Å². The molecule has 1 atom stereocenters. The average Bonchev–Trinajstić information content (AvgIpc) is 2.18. The van der Waals surface area contributed by atoms with Gasteiger partial charge in [0.25, 0.3) is 5.91 Å². The number of amides is 1. The first kappa shape index (κ1) is 14.3. The van der Waals surface area contributed by atoms with Gasteiger partial charge in [0.05, 0.1) is 11.3 Å². The summed E-state index contributed by atoms with van der Waals surface area (Å²) < 4.78 is 22.1. The second-order valence-corrected chi connectivity index (χ2v) is 6.42. The molecule has 4 N–H and O–H groups in total. The van der Waals surface area contributed by atoms with Crippen LogP contribution in [-0.2, 0) is 9.84 Å². The molecule has 1 aromatic rings. The number of nitrogen functional groups attached to an aromatic ring is 1. The zero-order chi connectivity index (χ0) is 13.9. The summed E-state index contributed by atoms with van der Waals surface area (Å²) >= 11 is 0. The van der Waals surface area contributed by atoms with Crippen LogP contribution in [0.4, 0.5) is 5.69 Å². The third-order valence-electron chi connectivity index (χ3n) is 2.21. The maximum atomic E-state index is 11.8. The molecular weight excluding hydrogens is 256 g/mol. The molecule has 0 saturated carbocycles. The van der Waals surface area contributed by atoms with Crippen molar-refractivity contribution in [3.63, 3.8) is 0 Å². The van der Waals surface area contributed by atoms with Gasteiger partial charge in [-0.05, 0) is 25.1 Å². The first-order chi connectivity index (χ1) is 8.19. The van der Waals surface area contributed by atoms with Crippen LogP contribution in [0.3, 0.4) is 0 Å². The standard InChI is InChI=1S/C11H16N2O4S/c1-7(6-18(2,16)17)13-11(15)9-5-8(14)3-4-10(9)12/h3-5,7,14H,6,12H2,1-2H3,(H,13,15). The normalized spacial score (nSPS) is 13.0. The SMILES string of the molecule is CC(CS(C)(=O)=O)NC(=O)c1cc(O)ccc1N. The fourth-order valence-corrected chi connectivity index (χ4v) is 2.53. The van der Waals surface area contributed by atoms with Crippen molar-refractivity contribution in [2.75, 3.05) is 17.7 Å². The second kappa shape index (κ2) is 5.26. The molecule has 1 aromatic carbocycles. The Bertz CT molecular complexity index is 554. The van der Waals surface area contributed by atoms with Gasteiger partial charge >= 0.3 is 0 Å². The van der Waals surface area contributed by atoms with Gasteiger partial charge < -0.3 is 16.2 Å². The molecule has 0 aliphatic rings. The maximum Gasteiger partial charge on any atom is 0.253 e. The van der Waals surface area contributed by atoms with E-state index in [0.717, 1.165) is 6.26 Å². The molecule has 6 nitrogen and oxygen atoms in total. The number of nitrogens with one attached hydrogen (secondary N) is 1. The second-order valence-electron chi connectivity index (χ2n) is 4.24. The van der Waals surface area contributed by atoms with Crippen molar-refractivity contribution in [2.45, 2.75) is 13.0 Å². The van der Waals surface area contributed by atoms with E-state index in [4.69, 9.17) is 5.73 Å². The Morgan fingerprint density at radius 1 is 1.50 bits per heavy atom. The van der Waals surface area contributed by atoms with Crippen LogP contribution in [0.25, 0.3) is 0 Å². The van der Waals surface area contributed by atoms with E-state index in [-0.39, 0.29) is 22.8 Å². The summed E-state index contributed by atoms with van der Waals surface area (Å²) in [5.41, 5.74) is 5.94. The minimum absolute atomic E-state index is 0.0786. The third-order valence-corrected chi connectivity index (χ3v) is 3.32. The van der Waals surface area contributed by atoms with Crippen molar-refractivity contribution < 1.29 is 18.3 Å². The highest BCUT2D eigenvalue weighted by Gasteiger charge is 2.16. The molecule has 0 radical (unpaired) electrons. The number of hydrogen-bond acceptors (Lipinski definition) is 5. The fourth-order valence-electron chi connectivity index (χ4n) is 1.54. The molecule has 18 heavy (non-hydrogen) atoms. The van der Waals surface area contributed by atoms with Crippen LogP contribution in [0.1, 0.15) is 17.3 Å². The average molecular weight is 272 g/mol. The number of anilines is 1. The summed E-state index contributed by atoms with van der Waals surface area (Å²) in [4.78, 5) is 11.8. The first-order valence-electron chi connectivity index (χ1n) is 5.26. The molecule has 0 bridgehead atoms. The van der Waals surface area contributed by atoms with E-state index in [1.165, 1.54) is 18.2 Å². The van der Waals surface area contributed by atoms with E-state index in [0.29, 0.717) is 0 Å². The Morgan fingerprint density at radius 3 is 2.67 bits per heavy atom. The molecule has 0 saturated heterocycles. The molecule has 1 unspecified atom stereocenters. The topological polar surface area (TPSA) is 109 Å². The Hall–Kier alpha value is -1.76. The van der Waals surface area contributed by atoms with Crippen molar-refractivity contribution in [3.05, 3.63) is 23.8 Å². The molecule has 0 spiro atoms. The lowest BCUT2D eigenvalue weighted by Gasteiger charge is -2.13. The smallest absolute Gasteiger partial charge is 0.253 e. The summed E-state index contributed by atoms with van der Waals surface area (Å²) in [6, 6.07) is 3.48. The van der Waals surface area contributed by atoms with Crippen LogP contribution >= 0.6 is 0 Å². The van der Waals surface area contributed by atoms with Crippen LogP contribution in [-0.4, -0.2) is 37.5 Å². The van der Waals surface area contributed by atoms with Gasteiger partial charge in [0.1, 0.15) is 15.6 Å². The van der Waals surface area contributed by atoms with Crippen molar-refractivity contribution in [1.29, 1.82) is 0 Å². The predicted molar refractivity (Wildman–Crippen MR) is 69.2 cm³/mol. The van der Waals surface area contributed by atoms with E-state index >= 15 is 0 Å². The van der Waals surface area contributed by atoms with E-state index in [1.54, 1.807) is 6.92 Å². The number of phenols is 1. The quantitative estimate of drug-likeness (QED) is 0.533. The number of rotatable bonds is 4. The Labute approximate surface area is 106 Å². The Balaban J connectivity index is 2.80. The molecule has 0 heterocycles. The van der Waals surface area contributed by atoms with Gasteiger partial charge in [-0.25, -0.2) is 8.42 Å². The number of aromatic hydroxyl groups is 1. The zero-order valence-electron chi connectivity index (χ0n) is 10.2. The molecule has 0 aliphatic carbocycles. The van der Waals surface area contributed by atoms with Crippen LogP contribution in [0.5, 0.6) is 5.75 Å². The van der Waals surface area contributed by atoms with Crippen LogP contribution in [0, 0.1) is 0 Å². The van der Waals surface area contributed by atoms with Crippen molar-refractivity contribution in [1.82, 2.24) is 5.32 Å². The number of hydrogen-bond donors (Lipinski definition) is 3. The van der Waals surface area contributed by atoms with E-state index in [1.807, 2.05) is 0 Å². The van der Waals surface area contributed by atoms with Gasteiger partial charge in [-0.2, -0.15) is 0 Å². The predicted octanol–water partition coefficient (Wildman–Crippen LogP) is 0.137. The minimum Gasteiger partial charge on any atom is -0.508 e. The summed E-state index contributed by atoms with van der Waals surface area (Å²) in [6.07, 6.45) is 1.10. The van der Waals surface area contributed by atoms with Crippen LogP contribution < -0.4 is 11.1 Å². The summed E-state index contributed by atoms with van der Waals surface area (Å²) in [7, 11) is -3.16. The number of nitrogens with two attached hydrogens (primary N) is 1. The number of phenolic OH excluding ortho intramolecular Hbond substituents is 1. The van der Waals surface area contributed by atoms with Crippen molar-refractivity contribution >= 4 is 21.4 Å². The molecule has 7 heteroatoms. The molecule has 0 fully saturated rings. The van der Waals surface area contributed by atoms with Gasteiger partial charge in [0.15, 0.2) is 0 Å². The lowest BCUT2D eigenvalue weighted by atomic mass is 10.1. The number of carbonyl (C=O) groups excluding carboxylic acids is 1. The molecule has 0 aliphatic heterocycles. The van der Waals surface area contributed by atoms with Crippen LogP contribution in [0.2, 0.25) is 0 Å². The van der Waals surface area contributed by atoms with Gasteiger partial charge in [-0.3, -0.25) is 4.79 Å². The van der Waals surface area contributed by atoms with Gasteiger partial charge in [0.2, 0.25) is 0 Å². The lowest BCUT2D eigenvalue weighted by Crippen LogP contribution is -2.37. The highest BCUT2D eigenvalue weighted by atomic mass is 32.2. The van der Waals surface area contributed by atoms with Crippen molar-refractivity contribution in [3.8, 4) is 5.75 Å². The highest BCUT2D eigenvalue weighted by Crippen LogP contribution is 2.18. The molecular formula is C11H16N2O4S. The minimum atomic E-state index is -3.16. The summed E-state index contributed by atoms with van der Waals surface area (Å²) in [6.45, 7) is 1.58. The first-order valence-corrected chi connectivity index (χ1v) is 7.32. The van der Waals surface area contributed by atoms with E-state index < -0.39 is 21.8 Å². The van der Waals surface area contributed by atoms with Crippen LogP contribution in [0.15, 0.2) is 18.2 Å². The summed E-state index contributed by atoms with van der Waals surface area (Å²) in [5.74, 6) is -0.748. The Kier molecular flexibility index (Phi) is 4.18. The van der Waals surface area contributed by atoms with Gasteiger partial charge in [-0.15, -0.1) is 0 Å². The molecule has 1 amide bonds. The van der Waals surface area contributed by atoms with Gasteiger partial charge in [-0.1, -0.05) is 0 Å². The highest BCUT2D eigenvalue weighted by molar-refractivity contribution is 7.90. The number of carbonyl (C=O) groups is 1. The largest absolute Gasteiger partial charge is 0.508 e. The molecule has 1 rings (SSSR count). The van der Waals surface area contributed by atoms with E-state index in [9.17, 15) is 18.3 Å². The van der Waals surface area contributed by atoms with E-state index in [2.05, 4.69) is 5.32 Å². The fraction of sp³-hybridized carbons (Fsp3) is 0.364. The number of sulfone groups is 1. The Morgan fingerprint density at radius 2 is 2.11 bits per heavy atom.